The van der Waals surface area contributed by atoms with Crippen molar-refractivity contribution in [3.05, 3.63) is 24.3 Å². The van der Waals surface area contributed by atoms with Crippen molar-refractivity contribution in [3.8, 4) is 0 Å². The lowest BCUT2D eigenvalue weighted by Gasteiger charge is -2.13. The molecule has 2 N–H and O–H groups in total. The second-order valence-corrected chi connectivity index (χ2v) is 5.40. The van der Waals surface area contributed by atoms with E-state index in [4.69, 9.17) is 18.9 Å². The average molecular weight is 318 g/mol. The number of ether oxygens (including phenoxy) is 4. The molecule has 0 saturated heterocycles. The summed E-state index contributed by atoms with van der Waals surface area (Å²) in [5.41, 5.74) is 1.82. The van der Waals surface area contributed by atoms with Crippen LogP contribution in [0.1, 0.15) is 13.8 Å². The fourth-order valence-electron chi connectivity index (χ4n) is 1.39. The summed E-state index contributed by atoms with van der Waals surface area (Å²) in [6.07, 6.45) is -1.33. The minimum Gasteiger partial charge on any atom is -0.388 e. The zero-order chi connectivity index (χ0) is 16.8. The van der Waals surface area contributed by atoms with Gasteiger partial charge in [-0.05, 0) is 13.8 Å². The molecule has 0 spiro atoms. The highest BCUT2D eigenvalue weighted by molar-refractivity contribution is 4.87. The maximum Gasteiger partial charge on any atom is 0.101 e. The molecular weight excluding hydrogens is 288 g/mol. The first kappa shape index (κ1) is 21.2. The monoisotopic (exact) mass is 318 g/mol. The fourth-order valence-corrected chi connectivity index (χ4v) is 1.39. The summed E-state index contributed by atoms with van der Waals surface area (Å²) in [7, 11) is 0. The van der Waals surface area contributed by atoms with E-state index in [-0.39, 0.29) is 26.4 Å². The standard InChI is InChI=1S/C16H30O6/c1-13(2)7-21-11-15(17)9-19-5-6-20-10-16(18)12-22-8-14(3)4/h15-18H,1,3,5-12H2,2,4H3. The van der Waals surface area contributed by atoms with Gasteiger partial charge in [-0.1, -0.05) is 24.3 Å². The van der Waals surface area contributed by atoms with Crippen LogP contribution in [0.15, 0.2) is 24.3 Å². The Morgan fingerprint density at radius 3 is 1.36 bits per heavy atom. The molecule has 0 aromatic heterocycles. The van der Waals surface area contributed by atoms with E-state index in [0.717, 1.165) is 11.1 Å². The van der Waals surface area contributed by atoms with Crippen LogP contribution in [0.5, 0.6) is 0 Å². The van der Waals surface area contributed by atoms with Crippen molar-refractivity contribution in [2.24, 2.45) is 0 Å². The summed E-state index contributed by atoms with van der Waals surface area (Å²) in [5, 5.41) is 19.1. The Kier molecular flexibility index (Phi) is 13.4. The molecule has 0 aliphatic rings. The third-order valence-electron chi connectivity index (χ3n) is 2.31. The zero-order valence-electron chi connectivity index (χ0n) is 13.8. The number of hydrogen-bond acceptors (Lipinski definition) is 6. The lowest BCUT2D eigenvalue weighted by atomic mass is 10.4. The largest absolute Gasteiger partial charge is 0.388 e. The molecule has 0 amide bonds. The van der Waals surface area contributed by atoms with Crippen molar-refractivity contribution in [2.45, 2.75) is 26.1 Å². The first-order valence-electron chi connectivity index (χ1n) is 7.37. The van der Waals surface area contributed by atoms with E-state index < -0.39 is 12.2 Å². The van der Waals surface area contributed by atoms with E-state index in [2.05, 4.69) is 13.2 Å². The summed E-state index contributed by atoms with van der Waals surface area (Å²) in [4.78, 5) is 0. The number of rotatable bonds is 15. The van der Waals surface area contributed by atoms with Gasteiger partial charge in [-0.15, -0.1) is 0 Å². The van der Waals surface area contributed by atoms with Crippen LogP contribution in [0.4, 0.5) is 0 Å². The second-order valence-electron chi connectivity index (χ2n) is 5.40. The van der Waals surface area contributed by atoms with Crippen LogP contribution in [0.25, 0.3) is 0 Å². The molecule has 6 nitrogen and oxygen atoms in total. The van der Waals surface area contributed by atoms with Crippen LogP contribution < -0.4 is 0 Å². The first-order valence-corrected chi connectivity index (χ1v) is 7.37. The summed E-state index contributed by atoms with van der Waals surface area (Å²) >= 11 is 0. The van der Waals surface area contributed by atoms with Crippen molar-refractivity contribution < 1.29 is 29.2 Å². The maximum atomic E-state index is 9.56. The molecule has 2 unspecified atom stereocenters. The SMILES string of the molecule is C=C(C)COCC(O)COCCOCC(O)COCC(=C)C. The van der Waals surface area contributed by atoms with Crippen LogP contribution in [0, 0.1) is 0 Å². The highest BCUT2D eigenvalue weighted by Gasteiger charge is 2.06. The minimum absolute atomic E-state index is 0.184. The molecule has 0 saturated carbocycles. The van der Waals surface area contributed by atoms with Gasteiger partial charge in [0.1, 0.15) is 12.2 Å². The van der Waals surface area contributed by atoms with E-state index in [1.807, 2.05) is 13.8 Å². The topological polar surface area (TPSA) is 77.4 Å². The minimum atomic E-state index is -0.666. The maximum absolute atomic E-state index is 9.56. The van der Waals surface area contributed by atoms with Crippen LogP contribution in [0.3, 0.4) is 0 Å². The zero-order valence-corrected chi connectivity index (χ0v) is 13.8. The third kappa shape index (κ3) is 15.6. The third-order valence-corrected chi connectivity index (χ3v) is 2.31. The molecule has 0 rings (SSSR count). The van der Waals surface area contributed by atoms with Crippen molar-refractivity contribution in [1.82, 2.24) is 0 Å². The molecule has 0 fully saturated rings. The molecule has 22 heavy (non-hydrogen) atoms. The molecule has 0 aliphatic carbocycles. The van der Waals surface area contributed by atoms with Gasteiger partial charge in [-0.2, -0.15) is 0 Å². The van der Waals surface area contributed by atoms with E-state index in [9.17, 15) is 10.2 Å². The Balaban J connectivity index is 3.34. The van der Waals surface area contributed by atoms with Crippen molar-refractivity contribution >= 4 is 0 Å². The summed E-state index contributed by atoms with van der Waals surface area (Å²) < 4.78 is 20.9. The summed E-state index contributed by atoms with van der Waals surface area (Å²) in [6, 6.07) is 0. The Labute approximate surface area is 133 Å². The Morgan fingerprint density at radius 1 is 0.727 bits per heavy atom. The Morgan fingerprint density at radius 2 is 1.05 bits per heavy atom. The molecule has 0 heterocycles. The second kappa shape index (κ2) is 13.9. The quantitative estimate of drug-likeness (QED) is 0.345. The van der Waals surface area contributed by atoms with Gasteiger partial charge in [-0.3, -0.25) is 0 Å². The molecule has 0 aliphatic heterocycles. The highest BCUT2D eigenvalue weighted by Crippen LogP contribution is 1.94. The molecular formula is C16H30O6. The smallest absolute Gasteiger partial charge is 0.101 e. The number of aliphatic hydroxyl groups is 2. The number of hydrogen-bond donors (Lipinski definition) is 2. The van der Waals surface area contributed by atoms with Crippen molar-refractivity contribution in [2.75, 3.05) is 52.9 Å². The molecule has 0 aromatic rings. The lowest BCUT2D eigenvalue weighted by molar-refractivity contribution is -0.0476. The Bertz CT molecular complexity index is 275. The van der Waals surface area contributed by atoms with Gasteiger partial charge in [0.25, 0.3) is 0 Å². The normalized spacial score (nSPS) is 13.8. The van der Waals surface area contributed by atoms with Crippen molar-refractivity contribution in [3.63, 3.8) is 0 Å². The van der Waals surface area contributed by atoms with E-state index in [1.54, 1.807) is 0 Å². The van der Waals surface area contributed by atoms with E-state index in [1.165, 1.54) is 0 Å². The predicted molar refractivity (Wildman–Crippen MR) is 84.9 cm³/mol. The molecule has 130 valence electrons. The van der Waals surface area contributed by atoms with Crippen molar-refractivity contribution in [1.29, 1.82) is 0 Å². The molecule has 0 radical (unpaired) electrons. The van der Waals surface area contributed by atoms with Crippen LogP contribution >= 0.6 is 0 Å². The van der Waals surface area contributed by atoms with Gasteiger partial charge in [0.05, 0.1) is 52.9 Å². The molecule has 0 bridgehead atoms. The van der Waals surface area contributed by atoms with Gasteiger partial charge in [-0.25, -0.2) is 0 Å². The van der Waals surface area contributed by atoms with Crippen LogP contribution in [0.2, 0.25) is 0 Å². The van der Waals surface area contributed by atoms with Gasteiger partial charge in [0, 0.05) is 0 Å². The summed E-state index contributed by atoms with van der Waals surface area (Å²) in [5.74, 6) is 0. The highest BCUT2D eigenvalue weighted by atomic mass is 16.5. The Hall–Kier alpha value is -0.760. The van der Waals surface area contributed by atoms with Crippen LogP contribution in [-0.2, 0) is 18.9 Å². The molecule has 0 aromatic carbocycles. The fraction of sp³-hybridized carbons (Fsp3) is 0.750. The van der Waals surface area contributed by atoms with E-state index in [0.29, 0.717) is 26.4 Å². The lowest BCUT2D eigenvalue weighted by Crippen LogP contribution is -2.25. The van der Waals surface area contributed by atoms with Gasteiger partial charge < -0.3 is 29.2 Å². The average Bonchev–Trinajstić information content (AvgIpc) is 2.41. The van der Waals surface area contributed by atoms with Gasteiger partial charge in [0.15, 0.2) is 0 Å². The predicted octanol–water partition coefficient (Wildman–Crippen LogP) is 0.927. The molecule has 6 heteroatoms. The summed E-state index contributed by atoms with van der Waals surface area (Å²) in [6.45, 7) is 13.5. The van der Waals surface area contributed by atoms with E-state index >= 15 is 0 Å². The molecule has 2 atom stereocenters. The first-order chi connectivity index (χ1) is 10.4. The number of aliphatic hydroxyl groups excluding tert-OH is 2. The van der Waals surface area contributed by atoms with Gasteiger partial charge >= 0.3 is 0 Å². The van der Waals surface area contributed by atoms with Gasteiger partial charge in [0.2, 0.25) is 0 Å². The van der Waals surface area contributed by atoms with Crippen LogP contribution in [-0.4, -0.2) is 75.3 Å².